The van der Waals surface area contributed by atoms with E-state index >= 15 is 0 Å². The molecule has 168 valence electrons. The molecule has 3 rings (SSSR count). The Morgan fingerprint density at radius 3 is 2.69 bits per heavy atom. The van der Waals surface area contributed by atoms with Crippen LogP contribution in [0.2, 0.25) is 10.0 Å². The highest BCUT2D eigenvalue weighted by atomic mass is 35.5. The van der Waals surface area contributed by atoms with Crippen LogP contribution in [-0.2, 0) is 13.1 Å². The first kappa shape index (κ1) is 23.6. The average Bonchev–Trinajstić information content (AvgIpc) is 3.11. The van der Waals surface area contributed by atoms with Crippen LogP contribution in [0.15, 0.2) is 53.7 Å². The van der Waals surface area contributed by atoms with E-state index in [1.165, 1.54) is 0 Å². The molecule has 1 amide bonds. The summed E-state index contributed by atoms with van der Waals surface area (Å²) in [5, 5.41) is 11.4. The third kappa shape index (κ3) is 6.24. The van der Waals surface area contributed by atoms with Crippen molar-refractivity contribution in [3.63, 3.8) is 0 Å². The van der Waals surface area contributed by atoms with Gasteiger partial charge in [-0.15, -0.1) is 0 Å². The molecule has 0 atom stereocenters. The molecule has 7 nitrogen and oxygen atoms in total. The second kappa shape index (κ2) is 11.0. The van der Waals surface area contributed by atoms with Gasteiger partial charge in [0.25, 0.3) is 5.91 Å². The Kier molecular flexibility index (Phi) is 8.14. The van der Waals surface area contributed by atoms with Crippen LogP contribution in [0.3, 0.4) is 0 Å². The van der Waals surface area contributed by atoms with Crippen LogP contribution < -0.4 is 15.4 Å². The smallest absolute Gasteiger partial charge is 0.258 e. The summed E-state index contributed by atoms with van der Waals surface area (Å²) in [4.78, 5) is 17.4. The topological polar surface area (TPSA) is 80.5 Å². The minimum Gasteiger partial charge on any atom is -0.495 e. The Hall–Kier alpha value is -3.03. The van der Waals surface area contributed by atoms with Crippen molar-refractivity contribution in [3.05, 3.63) is 75.5 Å². The molecular formula is C23H25Cl2N5O2. The number of aromatic nitrogens is 2. The molecule has 0 spiro atoms. The molecule has 0 radical (unpaired) electrons. The number of carbonyl (C=O) groups excluding carboxylic acids is 1. The zero-order valence-corrected chi connectivity index (χ0v) is 19.7. The lowest BCUT2D eigenvalue weighted by molar-refractivity contribution is 0.0977. The van der Waals surface area contributed by atoms with Crippen LogP contribution in [0.25, 0.3) is 0 Å². The maximum atomic E-state index is 12.8. The van der Waals surface area contributed by atoms with Crippen molar-refractivity contribution in [2.24, 2.45) is 4.99 Å². The molecule has 9 heteroatoms. The molecule has 0 unspecified atom stereocenters. The Balaban J connectivity index is 1.89. The summed E-state index contributed by atoms with van der Waals surface area (Å²) in [6.07, 6.45) is 2.96. The third-order valence-corrected chi connectivity index (χ3v) is 5.11. The largest absolute Gasteiger partial charge is 0.495 e. The fourth-order valence-electron chi connectivity index (χ4n) is 3.05. The van der Waals surface area contributed by atoms with Gasteiger partial charge in [0, 0.05) is 33.9 Å². The number of benzene rings is 2. The number of aryl methyl sites for hydroxylation is 2. The number of aliphatic imine (C=N–C) groups is 1. The summed E-state index contributed by atoms with van der Waals surface area (Å²) < 4.78 is 7.30. The molecule has 3 aromatic rings. The van der Waals surface area contributed by atoms with Gasteiger partial charge in [-0.1, -0.05) is 36.2 Å². The number of halogens is 2. The molecule has 2 N–H and O–H groups in total. The summed E-state index contributed by atoms with van der Waals surface area (Å²) in [7, 11) is 1.56. The Labute approximate surface area is 197 Å². The van der Waals surface area contributed by atoms with Crippen LogP contribution in [0.4, 0.5) is 5.69 Å². The van der Waals surface area contributed by atoms with E-state index in [4.69, 9.17) is 27.9 Å². The predicted molar refractivity (Wildman–Crippen MR) is 129 cm³/mol. The van der Waals surface area contributed by atoms with Crippen LogP contribution in [0.1, 0.15) is 35.0 Å². The molecule has 2 aromatic carbocycles. The molecule has 0 saturated carbocycles. The number of methoxy groups -OCH3 is 1. The van der Waals surface area contributed by atoms with Crippen molar-refractivity contribution in [3.8, 4) is 5.75 Å². The van der Waals surface area contributed by atoms with E-state index in [1.54, 1.807) is 49.6 Å². The molecule has 0 aliphatic rings. The molecule has 0 bridgehead atoms. The highest BCUT2D eigenvalue weighted by Gasteiger charge is 2.13. The monoisotopic (exact) mass is 473 g/mol. The summed E-state index contributed by atoms with van der Waals surface area (Å²) in [6.45, 7) is 5.20. The van der Waals surface area contributed by atoms with Crippen LogP contribution in [0, 0.1) is 6.92 Å². The fourth-order valence-corrected chi connectivity index (χ4v) is 3.41. The minimum atomic E-state index is -0.349. The summed E-state index contributed by atoms with van der Waals surface area (Å²) in [6, 6.07) is 11.8. The van der Waals surface area contributed by atoms with Crippen molar-refractivity contribution in [2.75, 3.05) is 12.4 Å². The first-order chi connectivity index (χ1) is 15.4. The van der Waals surface area contributed by atoms with Crippen LogP contribution in [0.5, 0.6) is 5.75 Å². The van der Waals surface area contributed by atoms with Gasteiger partial charge in [-0.05, 0) is 49.7 Å². The van der Waals surface area contributed by atoms with Gasteiger partial charge in [0.2, 0.25) is 5.96 Å². The zero-order valence-electron chi connectivity index (χ0n) is 18.2. The van der Waals surface area contributed by atoms with Crippen LogP contribution >= 0.6 is 23.2 Å². The molecule has 1 heterocycles. The first-order valence-electron chi connectivity index (χ1n) is 10.1. The molecule has 0 saturated heterocycles. The SMILES string of the molecule is CCCn1cc(CN=C(NC(=O)c2cccc(Cl)c2)Nc2cc(Cl)ccc2OC)c(C)n1. The maximum Gasteiger partial charge on any atom is 0.258 e. The number of amides is 1. The van der Waals surface area contributed by atoms with Crippen molar-refractivity contribution < 1.29 is 9.53 Å². The second-order valence-corrected chi connectivity index (χ2v) is 7.97. The number of anilines is 1. The number of hydrogen-bond donors (Lipinski definition) is 2. The lowest BCUT2D eigenvalue weighted by Gasteiger charge is -2.15. The van der Waals surface area contributed by atoms with Crippen LogP contribution in [-0.4, -0.2) is 28.8 Å². The van der Waals surface area contributed by atoms with Gasteiger partial charge < -0.3 is 10.1 Å². The van der Waals surface area contributed by atoms with Gasteiger partial charge in [-0.3, -0.25) is 14.8 Å². The number of hydrogen-bond acceptors (Lipinski definition) is 4. The minimum absolute atomic E-state index is 0.248. The van der Waals surface area contributed by atoms with Gasteiger partial charge in [-0.2, -0.15) is 5.10 Å². The number of nitrogens with zero attached hydrogens (tertiary/aromatic N) is 3. The first-order valence-corrected chi connectivity index (χ1v) is 10.9. The van der Waals surface area contributed by atoms with Gasteiger partial charge in [0.15, 0.2) is 0 Å². The molecule has 0 aliphatic heterocycles. The highest BCUT2D eigenvalue weighted by Crippen LogP contribution is 2.27. The van der Waals surface area contributed by atoms with Gasteiger partial charge >= 0.3 is 0 Å². The highest BCUT2D eigenvalue weighted by molar-refractivity contribution is 6.31. The van der Waals surface area contributed by atoms with Crippen molar-refractivity contribution >= 4 is 40.8 Å². The number of carbonyl (C=O) groups is 1. The van der Waals surface area contributed by atoms with Crippen molar-refractivity contribution in [2.45, 2.75) is 33.4 Å². The fraction of sp³-hybridized carbons (Fsp3) is 0.261. The third-order valence-electron chi connectivity index (χ3n) is 4.64. The predicted octanol–water partition coefficient (Wildman–Crippen LogP) is 5.32. The summed E-state index contributed by atoms with van der Waals surface area (Å²) in [5.41, 5.74) is 2.84. The van der Waals surface area contributed by atoms with E-state index in [-0.39, 0.29) is 11.9 Å². The van der Waals surface area contributed by atoms with Crippen molar-refractivity contribution in [1.82, 2.24) is 15.1 Å². The lowest BCUT2D eigenvalue weighted by atomic mass is 10.2. The quantitative estimate of drug-likeness (QED) is 0.359. The molecule has 0 fully saturated rings. The number of guanidine groups is 1. The zero-order chi connectivity index (χ0) is 23.1. The number of rotatable bonds is 7. The number of ether oxygens (including phenoxy) is 1. The molecule has 0 aliphatic carbocycles. The maximum absolute atomic E-state index is 12.8. The molecule has 1 aromatic heterocycles. The second-order valence-electron chi connectivity index (χ2n) is 7.10. The van der Waals surface area contributed by atoms with Gasteiger partial charge in [0.05, 0.1) is 25.0 Å². The van der Waals surface area contributed by atoms with E-state index in [2.05, 4.69) is 27.6 Å². The summed E-state index contributed by atoms with van der Waals surface area (Å²) in [5.74, 6) is 0.461. The number of nitrogens with one attached hydrogen (secondary N) is 2. The van der Waals surface area contributed by atoms with E-state index in [0.29, 0.717) is 33.6 Å². The van der Waals surface area contributed by atoms with E-state index < -0.39 is 0 Å². The average molecular weight is 474 g/mol. The van der Waals surface area contributed by atoms with E-state index in [0.717, 1.165) is 24.2 Å². The van der Waals surface area contributed by atoms with E-state index in [9.17, 15) is 4.79 Å². The Bertz CT molecular complexity index is 1130. The van der Waals surface area contributed by atoms with Gasteiger partial charge in [-0.25, -0.2) is 4.99 Å². The van der Waals surface area contributed by atoms with E-state index in [1.807, 2.05) is 17.8 Å². The Morgan fingerprint density at radius 1 is 1.19 bits per heavy atom. The standard InChI is InChI=1S/C23H25Cl2N5O2/c1-4-10-30-14-17(15(2)29-30)13-26-23(27-20-12-19(25)8-9-21(20)32-3)28-22(31)16-6-5-7-18(24)11-16/h5-9,11-12,14H,4,10,13H2,1-3H3,(H2,26,27,28,31). The van der Waals surface area contributed by atoms with Crippen molar-refractivity contribution in [1.29, 1.82) is 0 Å². The molecular weight excluding hydrogens is 449 g/mol. The summed E-state index contributed by atoms with van der Waals surface area (Å²) >= 11 is 12.2. The Morgan fingerprint density at radius 2 is 1.97 bits per heavy atom. The molecule has 32 heavy (non-hydrogen) atoms. The normalized spacial score (nSPS) is 11.3. The lowest BCUT2D eigenvalue weighted by Crippen LogP contribution is -2.36. The van der Waals surface area contributed by atoms with Gasteiger partial charge in [0.1, 0.15) is 5.75 Å².